The summed E-state index contributed by atoms with van der Waals surface area (Å²) in [4.78, 5) is 11.4. The third-order valence-electron chi connectivity index (χ3n) is 3.73. The lowest BCUT2D eigenvalue weighted by Crippen LogP contribution is -2.21. The summed E-state index contributed by atoms with van der Waals surface area (Å²) in [5.41, 5.74) is 6.32. The van der Waals surface area contributed by atoms with E-state index in [1.807, 2.05) is 39.0 Å². The molecule has 2 atom stereocenters. The average molecular weight is 356 g/mol. The molecule has 3 N–H and O–H groups in total. The molecule has 0 spiro atoms. The van der Waals surface area contributed by atoms with Gasteiger partial charge < -0.3 is 15.6 Å². The Hall–Kier alpha value is -1.40. The van der Waals surface area contributed by atoms with Crippen molar-refractivity contribution in [3.8, 4) is 0 Å². The number of amides is 1. The largest absolute Gasteiger partial charge is 0.450 e. The Morgan fingerprint density at radius 3 is 2.58 bits per heavy atom. The number of hydrogen-bond acceptors (Lipinski definition) is 4. The van der Waals surface area contributed by atoms with Crippen LogP contribution in [0.1, 0.15) is 64.2 Å². The molecule has 136 valence electrons. The van der Waals surface area contributed by atoms with E-state index in [9.17, 15) is 14.1 Å². The van der Waals surface area contributed by atoms with Crippen molar-refractivity contribution in [2.45, 2.75) is 63.4 Å². The monoisotopic (exact) mass is 355 g/mol. The number of unbranched alkanes of at least 4 members (excludes halogenated alkanes) is 1. The molecule has 0 saturated heterocycles. The van der Waals surface area contributed by atoms with Crippen molar-refractivity contribution in [2.75, 3.05) is 12.4 Å². The van der Waals surface area contributed by atoms with Crippen molar-refractivity contribution in [3.63, 3.8) is 0 Å². The molecule has 24 heavy (non-hydrogen) atoms. The fourth-order valence-corrected chi connectivity index (χ4v) is 4.28. The molecular formula is C18H29NO4S. The van der Waals surface area contributed by atoms with Crippen LogP contribution in [0.3, 0.4) is 0 Å². The van der Waals surface area contributed by atoms with Crippen LogP contribution >= 0.6 is 0 Å². The van der Waals surface area contributed by atoms with Crippen LogP contribution < -0.4 is 5.73 Å². The lowest BCUT2D eigenvalue weighted by atomic mass is 9.82. The second kappa shape index (κ2) is 9.18. The summed E-state index contributed by atoms with van der Waals surface area (Å²) in [6.45, 7) is 8.24. The van der Waals surface area contributed by atoms with Crippen LogP contribution in [0.5, 0.6) is 0 Å². The molecule has 0 aromatic heterocycles. The zero-order valence-electron chi connectivity index (χ0n) is 15.0. The molecule has 0 radical (unpaired) electrons. The molecule has 1 rings (SSSR count). The van der Waals surface area contributed by atoms with Gasteiger partial charge in [-0.2, -0.15) is 0 Å². The number of carbonyl (C=O) groups is 1. The molecule has 6 heteroatoms. The van der Waals surface area contributed by atoms with Crippen molar-refractivity contribution < 1.29 is 18.8 Å². The minimum absolute atomic E-state index is 0.0449. The summed E-state index contributed by atoms with van der Waals surface area (Å²) in [6, 6.07) is 5.54. The van der Waals surface area contributed by atoms with Gasteiger partial charge in [0.25, 0.3) is 0 Å². The first kappa shape index (κ1) is 20.6. The Morgan fingerprint density at radius 2 is 2.04 bits per heavy atom. The van der Waals surface area contributed by atoms with Gasteiger partial charge in [-0.05, 0) is 29.0 Å². The highest BCUT2D eigenvalue weighted by Gasteiger charge is 2.27. The van der Waals surface area contributed by atoms with Crippen LogP contribution in [0.2, 0.25) is 0 Å². The maximum absolute atomic E-state index is 12.7. The van der Waals surface area contributed by atoms with E-state index in [4.69, 9.17) is 10.5 Å². The number of aliphatic hydroxyl groups is 1. The zero-order chi connectivity index (χ0) is 18.3. The topological polar surface area (TPSA) is 89.6 Å². The summed E-state index contributed by atoms with van der Waals surface area (Å²) in [5.74, 6) is 0.615. The maximum atomic E-state index is 12.7. The van der Waals surface area contributed by atoms with E-state index in [0.29, 0.717) is 5.75 Å². The molecule has 0 aliphatic carbocycles. The molecule has 1 aromatic rings. The summed E-state index contributed by atoms with van der Waals surface area (Å²) in [6.07, 6.45) is 0.477. The smallest absolute Gasteiger partial charge is 0.404 e. The second-order valence-corrected chi connectivity index (χ2v) is 8.38. The fourth-order valence-electron chi connectivity index (χ4n) is 2.63. The van der Waals surface area contributed by atoms with E-state index >= 15 is 0 Å². The highest BCUT2D eigenvalue weighted by atomic mass is 32.2. The van der Waals surface area contributed by atoms with Crippen LogP contribution in [-0.2, 0) is 21.0 Å². The molecule has 0 bridgehead atoms. The van der Waals surface area contributed by atoms with E-state index < -0.39 is 23.0 Å². The van der Waals surface area contributed by atoms with Gasteiger partial charge in [0.05, 0.1) is 23.5 Å². The number of benzene rings is 1. The first-order valence-corrected chi connectivity index (χ1v) is 9.62. The molecule has 5 nitrogen and oxygen atoms in total. The molecule has 0 heterocycles. The molecule has 2 unspecified atom stereocenters. The Morgan fingerprint density at radius 1 is 1.38 bits per heavy atom. The summed E-state index contributed by atoms with van der Waals surface area (Å²) < 4.78 is 17.4. The second-order valence-electron chi connectivity index (χ2n) is 6.85. The Bertz CT molecular complexity index is 581. The SMILES string of the molecule is CCCCS(=O)c1cccc(C(O)CCOC(N)=O)c1C(C)(C)C. The van der Waals surface area contributed by atoms with Gasteiger partial charge >= 0.3 is 6.09 Å². The lowest BCUT2D eigenvalue weighted by molar-refractivity contribution is 0.110. The van der Waals surface area contributed by atoms with E-state index in [2.05, 4.69) is 6.92 Å². The predicted octanol–water partition coefficient (Wildman–Crippen LogP) is 3.41. The number of aliphatic hydroxyl groups excluding tert-OH is 1. The van der Waals surface area contributed by atoms with Crippen LogP contribution in [0.4, 0.5) is 4.79 Å². The van der Waals surface area contributed by atoms with E-state index in [0.717, 1.165) is 28.9 Å². The molecular weight excluding hydrogens is 326 g/mol. The highest BCUT2D eigenvalue weighted by molar-refractivity contribution is 7.85. The summed E-state index contributed by atoms with van der Waals surface area (Å²) in [7, 11) is -1.10. The molecule has 0 aliphatic heterocycles. The number of carbonyl (C=O) groups excluding carboxylic acids is 1. The Balaban J connectivity index is 3.15. The number of hydrogen-bond donors (Lipinski definition) is 2. The van der Waals surface area contributed by atoms with Gasteiger partial charge in [-0.25, -0.2) is 4.79 Å². The van der Waals surface area contributed by atoms with Crippen LogP contribution in [0.25, 0.3) is 0 Å². The standard InChI is InChI=1S/C18H29NO4S/c1-5-6-12-24(22)15-9-7-8-13(16(15)18(2,3)4)14(20)10-11-23-17(19)21/h7-9,14,20H,5-6,10-12H2,1-4H3,(H2,19,21). The van der Waals surface area contributed by atoms with E-state index in [1.165, 1.54) is 0 Å². The van der Waals surface area contributed by atoms with Crippen LogP contribution in [0, 0.1) is 0 Å². The Labute approximate surface area is 147 Å². The maximum Gasteiger partial charge on any atom is 0.404 e. The zero-order valence-corrected chi connectivity index (χ0v) is 15.8. The number of primary amides is 1. The lowest BCUT2D eigenvalue weighted by Gasteiger charge is -2.28. The van der Waals surface area contributed by atoms with Gasteiger partial charge in [-0.1, -0.05) is 46.2 Å². The first-order chi connectivity index (χ1) is 11.2. The first-order valence-electron chi connectivity index (χ1n) is 8.30. The molecule has 0 saturated carbocycles. The van der Waals surface area contributed by atoms with Gasteiger partial charge in [0, 0.05) is 17.1 Å². The molecule has 0 aliphatic rings. The minimum atomic E-state index is -1.10. The number of ether oxygens (including phenoxy) is 1. The van der Waals surface area contributed by atoms with Gasteiger partial charge in [-0.15, -0.1) is 0 Å². The Kier molecular flexibility index (Phi) is 7.90. The molecule has 1 aromatic carbocycles. The van der Waals surface area contributed by atoms with Crippen molar-refractivity contribution in [3.05, 3.63) is 29.3 Å². The van der Waals surface area contributed by atoms with E-state index in [-0.39, 0.29) is 18.4 Å². The van der Waals surface area contributed by atoms with Crippen molar-refractivity contribution in [1.29, 1.82) is 0 Å². The van der Waals surface area contributed by atoms with E-state index in [1.54, 1.807) is 0 Å². The summed E-state index contributed by atoms with van der Waals surface area (Å²) in [5, 5.41) is 10.5. The number of rotatable bonds is 8. The van der Waals surface area contributed by atoms with Gasteiger partial charge in [0.1, 0.15) is 0 Å². The quantitative estimate of drug-likeness (QED) is 0.748. The minimum Gasteiger partial charge on any atom is -0.450 e. The molecule has 1 amide bonds. The average Bonchev–Trinajstić information content (AvgIpc) is 2.50. The molecule has 0 fully saturated rings. The van der Waals surface area contributed by atoms with Crippen molar-refractivity contribution >= 4 is 16.9 Å². The normalized spacial score (nSPS) is 14.2. The highest BCUT2D eigenvalue weighted by Crippen LogP contribution is 2.35. The van der Waals surface area contributed by atoms with Gasteiger partial charge in [-0.3, -0.25) is 4.21 Å². The van der Waals surface area contributed by atoms with Crippen molar-refractivity contribution in [1.82, 2.24) is 0 Å². The van der Waals surface area contributed by atoms with Gasteiger partial charge in [0.15, 0.2) is 0 Å². The summed E-state index contributed by atoms with van der Waals surface area (Å²) >= 11 is 0. The van der Waals surface area contributed by atoms with Crippen LogP contribution in [0.15, 0.2) is 23.1 Å². The third kappa shape index (κ3) is 5.91. The third-order valence-corrected chi connectivity index (χ3v) is 5.22. The van der Waals surface area contributed by atoms with Crippen molar-refractivity contribution in [2.24, 2.45) is 5.73 Å². The number of nitrogens with two attached hydrogens (primary N) is 1. The predicted molar refractivity (Wildman–Crippen MR) is 96.4 cm³/mol. The fraction of sp³-hybridized carbons (Fsp3) is 0.611. The van der Waals surface area contributed by atoms with Gasteiger partial charge in [0.2, 0.25) is 0 Å². The van der Waals surface area contributed by atoms with Crippen LogP contribution in [-0.4, -0.2) is 27.8 Å².